The fourth-order valence-electron chi connectivity index (χ4n) is 2.23. The molecular weight excluding hydrogens is 288 g/mol. The Hall–Kier alpha value is -1.94. The highest BCUT2D eigenvalue weighted by atomic mass is 35.5. The SMILES string of the molecule is Cc1nc(Cl)ccc1NCc1ccc2c(c1)OCCCO2. The van der Waals surface area contributed by atoms with Gasteiger partial charge in [-0.2, -0.15) is 0 Å². The number of aromatic nitrogens is 1. The van der Waals surface area contributed by atoms with Crippen molar-refractivity contribution in [1.82, 2.24) is 4.98 Å². The van der Waals surface area contributed by atoms with Crippen LogP contribution in [0.4, 0.5) is 5.69 Å². The van der Waals surface area contributed by atoms with Crippen LogP contribution in [0.5, 0.6) is 11.5 Å². The number of fused-ring (bicyclic) bond motifs is 1. The monoisotopic (exact) mass is 304 g/mol. The Kier molecular flexibility index (Phi) is 4.15. The van der Waals surface area contributed by atoms with Gasteiger partial charge in [0, 0.05) is 13.0 Å². The number of hydrogen-bond acceptors (Lipinski definition) is 4. The third-order valence-electron chi connectivity index (χ3n) is 3.35. The molecule has 0 saturated carbocycles. The minimum absolute atomic E-state index is 0.508. The van der Waals surface area contributed by atoms with Gasteiger partial charge < -0.3 is 14.8 Å². The Labute approximate surface area is 129 Å². The van der Waals surface area contributed by atoms with Gasteiger partial charge in [0.25, 0.3) is 0 Å². The van der Waals surface area contributed by atoms with Gasteiger partial charge in [0.15, 0.2) is 11.5 Å². The van der Waals surface area contributed by atoms with Crippen LogP contribution >= 0.6 is 11.6 Å². The third kappa shape index (κ3) is 3.39. The lowest BCUT2D eigenvalue weighted by Crippen LogP contribution is -2.03. The number of rotatable bonds is 3. The molecular formula is C16H17ClN2O2. The molecule has 110 valence electrons. The molecule has 0 aliphatic carbocycles. The first-order valence-electron chi connectivity index (χ1n) is 6.98. The van der Waals surface area contributed by atoms with Crippen molar-refractivity contribution in [3.05, 3.63) is 46.7 Å². The summed E-state index contributed by atoms with van der Waals surface area (Å²) in [6.45, 7) is 4.04. The summed E-state index contributed by atoms with van der Waals surface area (Å²) in [5.41, 5.74) is 3.00. The lowest BCUT2D eigenvalue weighted by molar-refractivity contribution is 0.297. The largest absolute Gasteiger partial charge is 0.490 e. The van der Waals surface area contributed by atoms with E-state index in [1.165, 1.54) is 0 Å². The third-order valence-corrected chi connectivity index (χ3v) is 3.56. The Balaban J connectivity index is 1.72. The normalized spacial score (nSPS) is 13.6. The van der Waals surface area contributed by atoms with Crippen molar-refractivity contribution < 1.29 is 9.47 Å². The zero-order chi connectivity index (χ0) is 14.7. The van der Waals surface area contributed by atoms with Gasteiger partial charge >= 0.3 is 0 Å². The lowest BCUT2D eigenvalue weighted by atomic mass is 10.2. The van der Waals surface area contributed by atoms with Gasteiger partial charge in [0.1, 0.15) is 5.15 Å². The molecule has 1 aromatic heterocycles. The molecule has 5 heteroatoms. The van der Waals surface area contributed by atoms with Crippen LogP contribution in [0.2, 0.25) is 5.15 Å². The molecule has 0 spiro atoms. The Bertz CT molecular complexity index is 646. The van der Waals surface area contributed by atoms with E-state index in [0.717, 1.165) is 34.9 Å². The van der Waals surface area contributed by atoms with E-state index in [4.69, 9.17) is 21.1 Å². The summed E-state index contributed by atoms with van der Waals surface area (Å²) in [5.74, 6) is 1.64. The minimum atomic E-state index is 0.508. The smallest absolute Gasteiger partial charge is 0.161 e. The summed E-state index contributed by atoms with van der Waals surface area (Å²) in [7, 11) is 0. The Morgan fingerprint density at radius 1 is 1.14 bits per heavy atom. The van der Waals surface area contributed by atoms with Crippen molar-refractivity contribution in [3.63, 3.8) is 0 Å². The van der Waals surface area contributed by atoms with Crippen molar-refractivity contribution in [2.75, 3.05) is 18.5 Å². The van der Waals surface area contributed by atoms with E-state index in [0.29, 0.717) is 24.9 Å². The highest BCUT2D eigenvalue weighted by molar-refractivity contribution is 6.29. The van der Waals surface area contributed by atoms with Crippen LogP contribution in [0.15, 0.2) is 30.3 Å². The van der Waals surface area contributed by atoms with E-state index in [-0.39, 0.29) is 0 Å². The molecule has 1 N–H and O–H groups in total. The van der Waals surface area contributed by atoms with Gasteiger partial charge in [-0.3, -0.25) is 0 Å². The molecule has 1 aromatic carbocycles. The van der Waals surface area contributed by atoms with Crippen LogP contribution in [0, 0.1) is 6.92 Å². The van der Waals surface area contributed by atoms with E-state index in [2.05, 4.69) is 10.3 Å². The predicted molar refractivity (Wildman–Crippen MR) is 83.4 cm³/mol. The van der Waals surface area contributed by atoms with Crippen LogP contribution in [0.1, 0.15) is 17.7 Å². The van der Waals surface area contributed by atoms with E-state index in [1.54, 1.807) is 6.07 Å². The summed E-state index contributed by atoms with van der Waals surface area (Å²) < 4.78 is 11.3. The van der Waals surface area contributed by atoms with Gasteiger partial charge in [0.05, 0.1) is 24.6 Å². The number of hydrogen-bond donors (Lipinski definition) is 1. The molecule has 21 heavy (non-hydrogen) atoms. The standard InChI is InChI=1S/C16H17ClN2O2/c1-11-13(4-6-16(17)19-11)18-10-12-3-5-14-15(9-12)21-8-2-7-20-14/h3-6,9,18H,2,7-8,10H2,1H3. The molecule has 0 bridgehead atoms. The zero-order valence-electron chi connectivity index (χ0n) is 11.9. The van der Waals surface area contributed by atoms with Crippen molar-refractivity contribution in [2.24, 2.45) is 0 Å². The predicted octanol–water partition coefficient (Wildman–Crippen LogP) is 3.82. The van der Waals surface area contributed by atoms with Gasteiger partial charge in [-0.25, -0.2) is 4.98 Å². The molecule has 0 fully saturated rings. The van der Waals surface area contributed by atoms with Crippen LogP contribution in [-0.2, 0) is 6.54 Å². The lowest BCUT2D eigenvalue weighted by Gasteiger charge is -2.12. The van der Waals surface area contributed by atoms with E-state index in [9.17, 15) is 0 Å². The summed E-state index contributed by atoms with van der Waals surface area (Å²) in [5, 5.41) is 3.87. The number of ether oxygens (including phenoxy) is 2. The fourth-order valence-corrected chi connectivity index (χ4v) is 2.42. The van der Waals surface area contributed by atoms with Crippen LogP contribution < -0.4 is 14.8 Å². The summed E-state index contributed by atoms with van der Waals surface area (Å²) >= 11 is 5.86. The topological polar surface area (TPSA) is 43.4 Å². The van der Waals surface area contributed by atoms with Crippen LogP contribution in [0.3, 0.4) is 0 Å². The maximum absolute atomic E-state index is 5.86. The number of benzene rings is 1. The minimum Gasteiger partial charge on any atom is -0.490 e. The quantitative estimate of drug-likeness (QED) is 0.876. The Morgan fingerprint density at radius 3 is 2.76 bits per heavy atom. The molecule has 3 rings (SSSR count). The van der Waals surface area contributed by atoms with E-state index < -0.39 is 0 Å². The molecule has 0 amide bonds. The average Bonchev–Trinajstić information content (AvgIpc) is 2.71. The number of nitrogens with zero attached hydrogens (tertiary/aromatic N) is 1. The molecule has 0 unspecified atom stereocenters. The summed E-state index contributed by atoms with van der Waals surface area (Å²) in [6.07, 6.45) is 0.915. The molecule has 0 radical (unpaired) electrons. The number of halogens is 1. The molecule has 0 saturated heterocycles. The first kappa shape index (κ1) is 14.0. The molecule has 2 aromatic rings. The summed E-state index contributed by atoms with van der Waals surface area (Å²) in [4.78, 5) is 4.23. The van der Waals surface area contributed by atoms with Crippen LogP contribution in [0.25, 0.3) is 0 Å². The average molecular weight is 305 g/mol. The second-order valence-electron chi connectivity index (χ2n) is 4.95. The highest BCUT2D eigenvalue weighted by Crippen LogP contribution is 2.30. The maximum atomic E-state index is 5.86. The van der Waals surface area contributed by atoms with Gasteiger partial charge in [-0.15, -0.1) is 0 Å². The van der Waals surface area contributed by atoms with Gasteiger partial charge in [-0.05, 0) is 36.8 Å². The van der Waals surface area contributed by atoms with E-state index in [1.807, 2.05) is 31.2 Å². The molecule has 2 heterocycles. The molecule has 1 aliphatic rings. The van der Waals surface area contributed by atoms with Crippen molar-refractivity contribution in [3.8, 4) is 11.5 Å². The van der Waals surface area contributed by atoms with Crippen molar-refractivity contribution in [1.29, 1.82) is 0 Å². The molecule has 1 aliphatic heterocycles. The van der Waals surface area contributed by atoms with Crippen molar-refractivity contribution in [2.45, 2.75) is 19.9 Å². The maximum Gasteiger partial charge on any atom is 0.161 e. The molecule has 0 atom stereocenters. The number of anilines is 1. The second-order valence-corrected chi connectivity index (χ2v) is 5.34. The Morgan fingerprint density at radius 2 is 1.95 bits per heavy atom. The number of nitrogens with one attached hydrogen (secondary N) is 1. The van der Waals surface area contributed by atoms with E-state index >= 15 is 0 Å². The first-order valence-corrected chi connectivity index (χ1v) is 7.36. The van der Waals surface area contributed by atoms with Crippen LogP contribution in [-0.4, -0.2) is 18.2 Å². The first-order chi connectivity index (χ1) is 10.2. The number of aryl methyl sites for hydroxylation is 1. The number of pyridine rings is 1. The zero-order valence-corrected chi connectivity index (χ0v) is 12.6. The highest BCUT2D eigenvalue weighted by Gasteiger charge is 2.10. The van der Waals surface area contributed by atoms with Gasteiger partial charge in [-0.1, -0.05) is 17.7 Å². The van der Waals surface area contributed by atoms with Gasteiger partial charge in [0.2, 0.25) is 0 Å². The molecule has 4 nitrogen and oxygen atoms in total. The second kappa shape index (κ2) is 6.22. The fraction of sp³-hybridized carbons (Fsp3) is 0.312. The van der Waals surface area contributed by atoms with Crippen molar-refractivity contribution >= 4 is 17.3 Å². The summed E-state index contributed by atoms with van der Waals surface area (Å²) in [6, 6.07) is 9.74.